The Labute approximate surface area is 102 Å². The summed E-state index contributed by atoms with van der Waals surface area (Å²) in [5.41, 5.74) is 2.33. The van der Waals surface area contributed by atoms with Gasteiger partial charge in [-0.25, -0.2) is 0 Å². The number of aryl methyl sites for hydroxylation is 1. The van der Waals surface area contributed by atoms with E-state index in [1.165, 1.54) is 0 Å². The molecule has 1 heterocycles. The summed E-state index contributed by atoms with van der Waals surface area (Å²) in [6.07, 6.45) is 3.24. The van der Waals surface area contributed by atoms with Crippen LogP contribution in [0, 0.1) is 6.92 Å². The van der Waals surface area contributed by atoms with Crippen molar-refractivity contribution in [3.8, 4) is 0 Å². The van der Waals surface area contributed by atoms with E-state index in [9.17, 15) is 4.79 Å². The van der Waals surface area contributed by atoms with Gasteiger partial charge < -0.3 is 0 Å². The first-order chi connectivity index (χ1) is 7.70. The second-order valence-corrected chi connectivity index (χ2v) is 4.30. The summed E-state index contributed by atoms with van der Waals surface area (Å²) in [6.45, 7) is 1.96. The topological polar surface area (TPSA) is 30.0 Å². The normalized spacial score (nSPS) is 10.1. The number of ketones is 1. The van der Waals surface area contributed by atoms with Gasteiger partial charge in [-0.1, -0.05) is 12.1 Å². The highest BCUT2D eigenvalue weighted by molar-refractivity contribution is 9.10. The fraction of sp³-hybridized carbons (Fsp3) is 0.0769. The third-order valence-electron chi connectivity index (χ3n) is 2.36. The molecule has 0 radical (unpaired) electrons. The molecule has 3 heteroatoms. The van der Waals surface area contributed by atoms with E-state index in [4.69, 9.17) is 0 Å². The third kappa shape index (κ3) is 2.04. The van der Waals surface area contributed by atoms with Crippen LogP contribution in [0.3, 0.4) is 0 Å². The van der Waals surface area contributed by atoms with Crippen LogP contribution in [-0.2, 0) is 0 Å². The number of nitrogens with zero attached hydrogens (tertiary/aromatic N) is 1. The van der Waals surface area contributed by atoms with Crippen molar-refractivity contribution >= 4 is 21.7 Å². The molecule has 0 N–H and O–H groups in total. The summed E-state index contributed by atoms with van der Waals surface area (Å²) in [5.74, 6) is -0.0105. The van der Waals surface area contributed by atoms with Crippen LogP contribution in [0.15, 0.2) is 47.2 Å². The van der Waals surface area contributed by atoms with Crippen molar-refractivity contribution in [2.75, 3.05) is 0 Å². The Hall–Kier alpha value is -1.48. The lowest BCUT2D eigenvalue weighted by atomic mass is 10.0. The smallest absolute Gasteiger partial charge is 0.195 e. The molecule has 0 spiro atoms. The van der Waals surface area contributed by atoms with Crippen LogP contribution >= 0.6 is 15.9 Å². The van der Waals surface area contributed by atoms with E-state index in [-0.39, 0.29) is 5.78 Å². The predicted octanol–water partition coefficient (Wildman–Crippen LogP) is 3.38. The molecule has 0 aliphatic rings. The highest BCUT2D eigenvalue weighted by atomic mass is 79.9. The van der Waals surface area contributed by atoms with Crippen molar-refractivity contribution in [1.29, 1.82) is 0 Å². The first kappa shape index (κ1) is 11.0. The monoisotopic (exact) mass is 275 g/mol. The van der Waals surface area contributed by atoms with E-state index in [0.29, 0.717) is 11.1 Å². The van der Waals surface area contributed by atoms with Gasteiger partial charge in [0.2, 0.25) is 0 Å². The second kappa shape index (κ2) is 4.58. The van der Waals surface area contributed by atoms with E-state index in [2.05, 4.69) is 20.9 Å². The molecule has 0 atom stereocenters. The minimum atomic E-state index is -0.0105. The van der Waals surface area contributed by atoms with Crippen LogP contribution < -0.4 is 0 Å². The van der Waals surface area contributed by atoms with Gasteiger partial charge in [-0.3, -0.25) is 9.78 Å². The van der Waals surface area contributed by atoms with Crippen LogP contribution in [0.4, 0.5) is 0 Å². The number of carbonyl (C=O) groups is 1. The zero-order chi connectivity index (χ0) is 11.5. The van der Waals surface area contributed by atoms with Crippen molar-refractivity contribution in [3.63, 3.8) is 0 Å². The maximum Gasteiger partial charge on any atom is 0.195 e. The number of benzene rings is 1. The van der Waals surface area contributed by atoms with Gasteiger partial charge in [0.1, 0.15) is 0 Å². The largest absolute Gasteiger partial charge is 0.289 e. The van der Waals surface area contributed by atoms with Gasteiger partial charge in [-0.05, 0) is 46.6 Å². The summed E-state index contributed by atoms with van der Waals surface area (Å²) in [7, 11) is 0. The van der Waals surface area contributed by atoms with E-state index in [1.54, 1.807) is 24.5 Å². The number of carbonyl (C=O) groups excluding carboxylic acids is 1. The highest BCUT2D eigenvalue weighted by Gasteiger charge is 2.13. The molecule has 0 amide bonds. The van der Waals surface area contributed by atoms with Gasteiger partial charge in [0.05, 0.1) is 0 Å². The molecule has 1 aromatic heterocycles. The second-order valence-electron chi connectivity index (χ2n) is 3.51. The molecule has 2 nitrogen and oxygen atoms in total. The Morgan fingerprint density at radius 2 is 2.06 bits per heavy atom. The molecule has 80 valence electrons. The van der Waals surface area contributed by atoms with Gasteiger partial charge in [-0.15, -0.1) is 0 Å². The van der Waals surface area contributed by atoms with Crippen molar-refractivity contribution in [1.82, 2.24) is 4.98 Å². The molecule has 0 aliphatic heterocycles. The molecular formula is C13H10BrNO. The van der Waals surface area contributed by atoms with Gasteiger partial charge >= 0.3 is 0 Å². The molecule has 2 aromatic rings. The number of rotatable bonds is 2. The number of pyridine rings is 1. The van der Waals surface area contributed by atoms with Crippen LogP contribution in [0.1, 0.15) is 21.5 Å². The summed E-state index contributed by atoms with van der Waals surface area (Å²) < 4.78 is 0.851. The lowest BCUT2D eigenvalue weighted by molar-refractivity contribution is 0.103. The zero-order valence-corrected chi connectivity index (χ0v) is 10.4. The van der Waals surface area contributed by atoms with Gasteiger partial charge in [0, 0.05) is 28.0 Å². The Bertz CT molecular complexity index is 523. The molecule has 0 saturated heterocycles. The van der Waals surface area contributed by atoms with E-state index < -0.39 is 0 Å². The molecule has 2 rings (SSSR count). The molecular weight excluding hydrogens is 266 g/mol. The molecule has 0 aliphatic carbocycles. The van der Waals surface area contributed by atoms with Crippen molar-refractivity contribution in [2.45, 2.75) is 6.92 Å². The highest BCUT2D eigenvalue weighted by Crippen LogP contribution is 2.23. The molecule has 0 saturated carbocycles. The average Bonchev–Trinajstić information content (AvgIpc) is 2.33. The first-order valence-corrected chi connectivity index (χ1v) is 5.69. The Morgan fingerprint density at radius 1 is 1.25 bits per heavy atom. The standard InChI is InChI=1S/C13H10BrNO/c1-9-4-2-6-11(12(9)14)13(16)10-5-3-7-15-8-10/h2-8H,1H3. The Balaban J connectivity index is 2.46. The fourth-order valence-electron chi connectivity index (χ4n) is 1.48. The quantitative estimate of drug-likeness (QED) is 0.787. The molecule has 0 bridgehead atoms. The summed E-state index contributed by atoms with van der Waals surface area (Å²) in [5, 5.41) is 0. The number of aromatic nitrogens is 1. The lowest BCUT2D eigenvalue weighted by Crippen LogP contribution is -2.03. The van der Waals surface area contributed by atoms with Gasteiger partial charge in [0.25, 0.3) is 0 Å². The summed E-state index contributed by atoms with van der Waals surface area (Å²) in [4.78, 5) is 16.1. The molecule has 0 fully saturated rings. The minimum Gasteiger partial charge on any atom is -0.289 e. The lowest BCUT2D eigenvalue weighted by Gasteiger charge is -2.05. The number of hydrogen-bond donors (Lipinski definition) is 0. The average molecular weight is 276 g/mol. The number of hydrogen-bond acceptors (Lipinski definition) is 2. The zero-order valence-electron chi connectivity index (χ0n) is 8.77. The van der Waals surface area contributed by atoms with Crippen molar-refractivity contribution in [3.05, 3.63) is 63.9 Å². The van der Waals surface area contributed by atoms with Crippen LogP contribution in [0.2, 0.25) is 0 Å². The van der Waals surface area contributed by atoms with E-state index in [1.807, 2.05) is 25.1 Å². The maximum atomic E-state index is 12.1. The van der Waals surface area contributed by atoms with E-state index >= 15 is 0 Å². The maximum absolute atomic E-state index is 12.1. The van der Waals surface area contributed by atoms with Gasteiger partial charge in [0.15, 0.2) is 5.78 Å². The van der Waals surface area contributed by atoms with Crippen LogP contribution in [-0.4, -0.2) is 10.8 Å². The molecule has 16 heavy (non-hydrogen) atoms. The van der Waals surface area contributed by atoms with Crippen molar-refractivity contribution < 1.29 is 4.79 Å². The Morgan fingerprint density at radius 3 is 2.75 bits per heavy atom. The fourth-order valence-corrected chi connectivity index (χ4v) is 1.92. The van der Waals surface area contributed by atoms with E-state index in [0.717, 1.165) is 10.0 Å². The minimum absolute atomic E-state index is 0.0105. The van der Waals surface area contributed by atoms with Crippen LogP contribution in [0.5, 0.6) is 0 Å². The number of halogens is 1. The molecule has 0 unspecified atom stereocenters. The SMILES string of the molecule is Cc1cccc(C(=O)c2cccnc2)c1Br. The van der Waals surface area contributed by atoms with Crippen molar-refractivity contribution in [2.24, 2.45) is 0 Å². The Kier molecular flexibility index (Phi) is 3.15. The van der Waals surface area contributed by atoms with Crippen LogP contribution in [0.25, 0.3) is 0 Å². The van der Waals surface area contributed by atoms with Gasteiger partial charge in [-0.2, -0.15) is 0 Å². The molecule has 1 aromatic carbocycles. The third-order valence-corrected chi connectivity index (χ3v) is 3.41. The summed E-state index contributed by atoms with van der Waals surface area (Å²) in [6, 6.07) is 9.18. The predicted molar refractivity (Wildman–Crippen MR) is 66.5 cm³/mol. The first-order valence-electron chi connectivity index (χ1n) is 4.90. The summed E-state index contributed by atoms with van der Waals surface area (Å²) >= 11 is 3.44.